The Morgan fingerprint density at radius 2 is 2.00 bits per heavy atom. The zero-order valence-corrected chi connectivity index (χ0v) is 11.0. The summed E-state index contributed by atoms with van der Waals surface area (Å²) in [6.07, 6.45) is 6.81. The average Bonchev–Trinajstić information content (AvgIpc) is 3.11. The van der Waals surface area contributed by atoms with Crippen LogP contribution in [0.5, 0.6) is 0 Å². The Kier molecular flexibility index (Phi) is 7.81. The second-order valence-electron chi connectivity index (χ2n) is 4.72. The van der Waals surface area contributed by atoms with E-state index in [1.54, 1.807) is 7.11 Å². The van der Waals surface area contributed by atoms with Gasteiger partial charge in [-0.2, -0.15) is 0 Å². The first-order valence-corrected chi connectivity index (χ1v) is 6.81. The van der Waals surface area contributed by atoms with Crippen LogP contribution < -0.4 is 5.32 Å². The van der Waals surface area contributed by atoms with Gasteiger partial charge >= 0.3 is 0 Å². The number of likely N-dealkylation sites (N-methyl/N-ethyl adjacent to an activating group) is 1. The predicted octanol–water partition coefficient (Wildman–Crippen LogP) is 1.88. The summed E-state index contributed by atoms with van der Waals surface area (Å²) in [5, 5.41) is 3.56. The van der Waals surface area contributed by atoms with E-state index in [1.165, 1.54) is 45.2 Å². The van der Waals surface area contributed by atoms with Gasteiger partial charge in [0.2, 0.25) is 0 Å². The van der Waals surface area contributed by atoms with Crippen molar-refractivity contribution in [2.24, 2.45) is 0 Å². The fourth-order valence-corrected chi connectivity index (χ4v) is 1.88. The summed E-state index contributed by atoms with van der Waals surface area (Å²) in [6, 6.07) is 0.869. The Bertz CT molecular complexity index is 160. The molecule has 0 saturated heterocycles. The minimum absolute atomic E-state index is 0.858. The molecule has 0 radical (unpaired) electrons. The molecule has 3 heteroatoms. The summed E-state index contributed by atoms with van der Waals surface area (Å²) in [7, 11) is 1.78. The van der Waals surface area contributed by atoms with Gasteiger partial charge in [-0.05, 0) is 45.3 Å². The number of ether oxygens (including phenoxy) is 1. The standard InChI is InChI=1S/C13H28N2O/c1-3-15(11-12-16-2)10-6-4-5-9-14-13-7-8-13/h13-14H,3-12H2,1-2H3. The zero-order valence-electron chi connectivity index (χ0n) is 11.0. The molecule has 0 heterocycles. The molecular weight excluding hydrogens is 200 g/mol. The van der Waals surface area contributed by atoms with Crippen LogP contribution in [0, 0.1) is 0 Å². The second-order valence-corrected chi connectivity index (χ2v) is 4.72. The van der Waals surface area contributed by atoms with Crippen molar-refractivity contribution in [2.75, 3.05) is 39.9 Å². The average molecular weight is 228 g/mol. The summed E-state index contributed by atoms with van der Waals surface area (Å²) in [5.74, 6) is 0. The molecule has 0 spiro atoms. The van der Waals surface area contributed by atoms with Crippen molar-refractivity contribution in [2.45, 2.75) is 45.1 Å². The largest absolute Gasteiger partial charge is 0.383 e. The minimum atomic E-state index is 0.858. The number of rotatable bonds is 11. The van der Waals surface area contributed by atoms with E-state index in [0.29, 0.717) is 0 Å². The quantitative estimate of drug-likeness (QED) is 0.546. The minimum Gasteiger partial charge on any atom is -0.383 e. The monoisotopic (exact) mass is 228 g/mol. The third-order valence-corrected chi connectivity index (χ3v) is 3.22. The lowest BCUT2D eigenvalue weighted by molar-refractivity contribution is 0.149. The Labute approximate surface area is 101 Å². The fourth-order valence-electron chi connectivity index (χ4n) is 1.88. The van der Waals surface area contributed by atoms with Crippen molar-refractivity contribution >= 4 is 0 Å². The van der Waals surface area contributed by atoms with Crippen LogP contribution in [0.3, 0.4) is 0 Å². The first-order valence-electron chi connectivity index (χ1n) is 6.81. The van der Waals surface area contributed by atoms with E-state index < -0.39 is 0 Å². The molecule has 1 aliphatic rings. The van der Waals surface area contributed by atoms with Gasteiger partial charge < -0.3 is 15.0 Å². The highest BCUT2D eigenvalue weighted by Crippen LogP contribution is 2.18. The SMILES string of the molecule is CCN(CCCCCNC1CC1)CCOC. The van der Waals surface area contributed by atoms with Crippen LogP contribution in [0.25, 0.3) is 0 Å². The number of nitrogens with zero attached hydrogens (tertiary/aromatic N) is 1. The van der Waals surface area contributed by atoms with Gasteiger partial charge in [0.05, 0.1) is 6.61 Å². The summed E-state index contributed by atoms with van der Waals surface area (Å²) in [5.41, 5.74) is 0. The molecule has 1 rings (SSSR count). The van der Waals surface area contributed by atoms with E-state index in [4.69, 9.17) is 4.74 Å². The van der Waals surface area contributed by atoms with Gasteiger partial charge in [-0.15, -0.1) is 0 Å². The van der Waals surface area contributed by atoms with Crippen LogP contribution in [-0.4, -0.2) is 50.8 Å². The molecule has 1 N–H and O–H groups in total. The predicted molar refractivity (Wildman–Crippen MR) is 68.9 cm³/mol. The van der Waals surface area contributed by atoms with Crippen molar-refractivity contribution in [3.63, 3.8) is 0 Å². The maximum atomic E-state index is 5.10. The molecule has 16 heavy (non-hydrogen) atoms. The molecule has 0 amide bonds. The van der Waals surface area contributed by atoms with Crippen molar-refractivity contribution < 1.29 is 4.74 Å². The number of nitrogens with one attached hydrogen (secondary N) is 1. The summed E-state index contributed by atoms with van der Waals surface area (Å²) >= 11 is 0. The third kappa shape index (κ3) is 7.20. The van der Waals surface area contributed by atoms with Gasteiger partial charge in [-0.3, -0.25) is 0 Å². The van der Waals surface area contributed by atoms with Gasteiger partial charge in [0, 0.05) is 19.7 Å². The van der Waals surface area contributed by atoms with Gasteiger partial charge in [-0.1, -0.05) is 13.3 Å². The number of methoxy groups -OCH3 is 1. The highest BCUT2D eigenvalue weighted by Gasteiger charge is 2.19. The third-order valence-electron chi connectivity index (χ3n) is 3.22. The molecule has 0 aromatic carbocycles. The molecule has 1 fully saturated rings. The lowest BCUT2D eigenvalue weighted by atomic mass is 10.2. The van der Waals surface area contributed by atoms with Crippen molar-refractivity contribution in [1.82, 2.24) is 10.2 Å². The highest BCUT2D eigenvalue weighted by atomic mass is 16.5. The van der Waals surface area contributed by atoms with Gasteiger partial charge in [0.15, 0.2) is 0 Å². The van der Waals surface area contributed by atoms with Crippen molar-refractivity contribution in [3.05, 3.63) is 0 Å². The van der Waals surface area contributed by atoms with Gasteiger partial charge in [0.25, 0.3) is 0 Å². The maximum Gasteiger partial charge on any atom is 0.0589 e. The fraction of sp³-hybridized carbons (Fsp3) is 1.00. The van der Waals surface area contributed by atoms with E-state index in [1.807, 2.05) is 0 Å². The molecule has 1 saturated carbocycles. The lowest BCUT2D eigenvalue weighted by Gasteiger charge is -2.19. The Hall–Kier alpha value is -0.120. The topological polar surface area (TPSA) is 24.5 Å². The first-order chi connectivity index (χ1) is 7.86. The summed E-state index contributed by atoms with van der Waals surface area (Å²) in [6.45, 7) is 7.75. The van der Waals surface area contributed by atoms with Crippen LogP contribution >= 0.6 is 0 Å². The van der Waals surface area contributed by atoms with E-state index in [2.05, 4.69) is 17.1 Å². The molecule has 0 aromatic heterocycles. The van der Waals surface area contributed by atoms with E-state index in [-0.39, 0.29) is 0 Å². The highest BCUT2D eigenvalue weighted by molar-refractivity contribution is 4.80. The van der Waals surface area contributed by atoms with Crippen LogP contribution in [-0.2, 0) is 4.74 Å². The molecule has 0 unspecified atom stereocenters. The molecule has 0 bridgehead atoms. The Balaban J connectivity index is 1.83. The number of hydrogen-bond acceptors (Lipinski definition) is 3. The number of unbranched alkanes of at least 4 members (excludes halogenated alkanes) is 2. The van der Waals surface area contributed by atoms with Crippen LogP contribution in [0.2, 0.25) is 0 Å². The summed E-state index contributed by atoms with van der Waals surface area (Å²) in [4.78, 5) is 2.47. The smallest absolute Gasteiger partial charge is 0.0589 e. The second kappa shape index (κ2) is 8.97. The molecule has 0 aliphatic heterocycles. The molecule has 96 valence electrons. The zero-order chi connectivity index (χ0) is 11.6. The Morgan fingerprint density at radius 3 is 2.62 bits per heavy atom. The molecular formula is C13H28N2O. The van der Waals surface area contributed by atoms with Crippen LogP contribution in [0.15, 0.2) is 0 Å². The van der Waals surface area contributed by atoms with Crippen molar-refractivity contribution in [3.8, 4) is 0 Å². The summed E-state index contributed by atoms with van der Waals surface area (Å²) < 4.78 is 5.10. The van der Waals surface area contributed by atoms with Gasteiger partial charge in [-0.25, -0.2) is 0 Å². The van der Waals surface area contributed by atoms with Crippen molar-refractivity contribution in [1.29, 1.82) is 0 Å². The number of hydrogen-bond donors (Lipinski definition) is 1. The maximum absolute atomic E-state index is 5.10. The van der Waals surface area contributed by atoms with E-state index in [9.17, 15) is 0 Å². The molecule has 0 aromatic rings. The molecule has 0 atom stereocenters. The molecule has 1 aliphatic carbocycles. The van der Waals surface area contributed by atoms with Crippen LogP contribution in [0.1, 0.15) is 39.0 Å². The van der Waals surface area contributed by atoms with E-state index in [0.717, 1.165) is 25.7 Å². The lowest BCUT2D eigenvalue weighted by Crippen LogP contribution is -2.28. The van der Waals surface area contributed by atoms with E-state index >= 15 is 0 Å². The van der Waals surface area contributed by atoms with Crippen LogP contribution in [0.4, 0.5) is 0 Å². The Morgan fingerprint density at radius 1 is 1.19 bits per heavy atom. The normalized spacial score (nSPS) is 15.9. The first kappa shape index (κ1) is 13.9. The van der Waals surface area contributed by atoms with Gasteiger partial charge in [0.1, 0.15) is 0 Å². The molecule has 3 nitrogen and oxygen atoms in total.